The van der Waals surface area contributed by atoms with Crippen LogP contribution in [0, 0.1) is 0 Å². The third kappa shape index (κ3) is 3.32. The molecule has 1 heterocycles. The molecule has 3 heteroatoms. The number of carbonyl (C=O) groups is 1. The molecule has 0 aliphatic rings. The predicted octanol–water partition coefficient (Wildman–Crippen LogP) is 3.37. The van der Waals surface area contributed by atoms with Gasteiger partial charge in [-0.05, 0) is 25.6 Å². The minimum Gasteiger partial charge on any atom is -0.468 e. The number of benzene rings is 1. The zero-order chi connectivity index (χ0) is 13.7. The summed E-state index contributed by atoms with van der Waals surface area (Å²) in [5, 5.41) is 0. The van der Waals surface area contributed by atoms with Gasteiger partial charge in [-0.15, -0.1) is 0 Å². The standard InChI is InChI=1S/C16H19NO2/c1-3-17(12-15-10-7-11-19-15)13(2)16(18)14-8-5-4-6-9-14/h4-11,13H,3,12H2,1-2H3. The summed E-state index contributed by atoms with van der Waals surface area (Å²) in [6.07, 6.45) is 1.66. The van der Waals surface area contributed by atoms with Crippen molar-refractivity contribution in [1.29, 1.82) is 0 Å². The van der Waals surface area contributed by atoms with Gasteiger partial charge in [0.2, 0.25) is 0 Å². The van der Waals surface area contributed by atoms with Gasteiger partial charge < -0.3 is 4.42 Å². The molecule has 1 aromatic heterocycles. The zero-order valence-electron chi connectivity index (χ0n) is 11.4. The molecule has 0 bridgehead atoms. The number of ketones is 1. The van der Waals surface area contributed by atoms with Crippen LogP contribution in [0.15, 0.2) is 53.1 Å². The molecule has 0 N–H and O–H groups in total. The molecule has 0 radical (unpaired) electrons. The minimum atomic E-state index is -0.155. The van der Waals surface area contributed by atoms with Crippen LogP contribution < -0.4 is 0 Å². The van der Waals surface area contributed by atoms with Crippen LogP contribution in [-0.4, -0.2) is 23.3 Å². The molecular formula is C16H19NO2. The highest BCUT2D eigenvalue weighted by atomic mass is 16.3. The molecule has 1 atom stereocenters. The van der Waals surface area contributed by atoms with Crippen molar-refractivity contribution in [3.8, 4) is 0 Å². The molecule has 19 heavy (non-hydrogen) atoms. The fourth-order valence-corrected chi connectivity index (χ4v) is 2.13. The Kier molecular flexibility index (Phi) is 4.53. The molecule has 100 valence electrons. The minimum absolute atomic E-state index is 0.147. The van der Waals surface area contributed by atoms with Crippen LogP contribution >= 0.6 is 0 Å². The van der Waals surface area contributed by atoms with Gasteiger partial charge >= 0.3 is 0 Å². The average molecular weight is 257 g/mol. The summed E-state index contributed by atoms with van der Waals surface area (Å²) in [5.41, 5.74) is 0.757. The number of Topliss-reactive ketones (excluding diaryl/α,β-unsaturated/α-hetero) is 1. The van der Waals surface area contributed by atoms with Crippen LogP contribution in [0.4, 0.5) is 0 Å². The van der Waals surface area contributed by atoms with Gasteiger partial charge in [-0.3, -0.25) is 9.69 Å². The summed E-state index contributed by atoms with van der Waals surface area (Å²) < 4.78 is 5.35. The van der Waals surface area contributed by atoms with Gasteiger partial charge in [-0.25, -0.2) is 0 Å². The van der Waals surface area contributed by atoms with E-state index in [9.17, 15) is 4.79 Å². The van der Waals surface area contributed by atoms with Gasteiger partial charge in [0, 0.05) is 5.56 Å². The molecule has 2 rings (SSSR count). The van der Waals surface area contributed by atoms with E-state index in [0.29, 0.717) is 6.54 Å². The lowest BCUT2D eigenvalue weighted by Crippen LogP contribution is -2.38. The van der Waals surface area contributed by atoms with Crippen molar-refractivity contribution < 1.29 is 9.21 Å². The molecule has 0 saturated carbocycles. The summed E-state index contributed by atoms with van der Waals surface area (Å²) in [6.45, 7) is 5.46. The van der Waals surface area contributed by atoms with Gasteiger partial charge in [0.05, 0.1) is 18.8 Å². The second-order valence-electron chi connectivity index (χ2n) is 4.55. The number of carbonyl (C=O) groups excluding carboxylic acids is 1. The van der Waals surface area contributed by atoms with E-state index in [4.69, 9.17) is 4.42 Å². The predicted molar refractivity (Wildman–Crippen MR) is 75.0 cm³/mol. The number of furan rings is 1. The van der Waals surface area contributed by atoms with E-state index < -0.39 is 0 Å². The van der Waals surface area contributed by atoms with E-state index in [-0.39, 0.29) is 11.8 Å². The molecule has 0 saturated heterocycles. The molecule has 1 aromatic carbocycles. The number of likely N-dealkylation sites (N-methyl/N-ethyl adjacent to an activating group) is 1. The topological polar surface area (TPSA) is 33.5 Å². The van der Waals surface area contributed by atoms with Crippen LogP contribution in [0.2, 0.25) is 0 Å². The first-order valence-corrected chi connectivity index (χ1v) is 6.58. The molecule has 3 nitrogen and oxygen atoms in total. The second kappa shape index (κ2) is 6.34. The largest absolute Gasteiger partial charge is 0.468 e. The lowest BCUT2D eigenvalue weighted by Gasteiger charge is -2.25. The maximum absolute atomic E-state index is 12.4. The van der Waals surface area contributed by atoms with E-state index in [1.807, 2.05) is 49.4 Å². The number of rotatable bonds is 6. The quantitative estimate of drug-likeness (QED) is 0.744. The smallest absolute Gasteiger partial charge is 0.179 e. The molecular weight excluding hydrogens is 238 g/mol. The third-order valence-electron chi connectivity index (χ3n) is 3.33. The van der Waals surface area contributed by atoms with Crippen molar-refractivity contribution in [3.05, 3.63) is 60.1 Å². The van der Waals surface area contributed by atoms with Crippen LogP contribution in [-0.2, 0) is 6.54 Å². The summed E-state index contributed by atoms with van der Waals surface area (Å²) in [4.78, 5) is 14.5. The monoisotopic (exact) mass is 257 g/mol. The maximum Gasteiger partial charge on any atom is 0.179 e. The van der Waals surface area contributed by atoms with Crippen LogP contribution in [0.5, 0.6) is 0 Å². The van der Waals surface area contributed by atoms with Crippen molar-refractivity contribution in [3.63, 3.8) is 0 Å². The van der Waals surface area contributed by atoms with Crippen molar-refractivity contribution in [2.24, 2.45) is 0 Å². The Morgan fingerprint density at radius 3 is 2.53 bits per heavy atom. The van der Waals surface area contributed by atoms with Gasteiger partial charge in [0.1, 0.15) is 5.76 Å². The number of hydrogen-bond donors (Lipinski definition) is 0. The molecule has 0 aliphatic heterocycles. The molecule has 0 amide bonds. The summed E-state index contributed by atoms with van der Waals surface area (Å²) in [6, 6.07) is 13.1. The number of nitrogens with zero attached hydrogens (tertiary/aromatic N) is 1. The summed E-state index contributed by atoms with van der Waals surface area (Å²) in [5.74, 6) is 1.03. The normalized spacial score (nSPS) is 12.6. The lowest BCUT2D eigenvalue weighted by molar-refractivity contribution is 0.0826. The Labute approximate surface area is 113 Å². The van der Waals surface area contributed by atoms with Gasteiger partial charge in [-0.1, -0.05) is 37.3 Å². The van der Waals surface area contributed by atoms with E-state index in [0.717, 1.165) is 17.9 Å². The Morgan fingerprint density at radius 2 is 1.95 bits per heavy atom. The first-order valence-electron chi connectivity index (χ1n) is 6.58. The van der Waals surface area contributed by atoms with Crippen LogP contribution in [0.1, 0.15) is 30.0 Å². The van der Waals surface area contributed by atoms with Gasteiger partial charge in [-0.2, -0.15) is 0 Å². The van der Waals surface area contributed by atoms with Crippen LogP contribution in [0.25, 0.3) is 0 Å². The maximum atomic E-state index is 12.4. The third-order valence-corrected chi connectivity index (χ3v) is 3.33. The summed E-state index contributed by atoms with van der Waals surface area (Å²) in [7, 11) is 0. The van der Waals surface area contributed by atoms with Gasteiger partial charge in [0.25, 0.3) is 0 Å². The molecule has 0 aliphatic carbocycles. The first-order chi connectivity index (χ1) is 9.22. The molecule has 2 aromatic rings. The molecule has 0 spiro atoms. The van der Waals surface area contributed by atoms with Crippen molar-refractivity contribution >= 4 is 5.78 Å². The zero-order valence-corrected chi connectivity index (χ0v) is 11.4. The SMILES string of the molecule is CCN(Cc1ccco1)C(C)C(=O)c1ccccc1. The first kappa shape index (κ1) is 13.6. The number of hydrogen-bond acceptors (Lipinski definition) is 3. The Balaban J connectivity index is 2.08. The fourth-order valence-electron chi connectivity index (χ4n) is 2.13. The highest BCUT2D eigenvalue weighted by Crippen LogP contribution is 2.13. The van der Waals surface area contributed by atoms with E-state index >= 15 is 0 Å². The van der Waals surface area contributed by atoms with Crippen molar-refractivity contribution in [2.75, 3.05) is 6.54 Å². The van der Waals surface area contributed by atoms with Crippen LogP contribution in [0.3, 0.4) is 0 Å². The Morgan fingerprint density at radius 1 is 1.21 bits per heavy atom. The lowest BCUT2D eigenvalue weighted by atomic mass is 10.0. The van der Waals surface area contributed by atoms with Crippen molar-refractivity contribution in [1.82, 2.24) is 4.90 Å². The molecule has 1 unspecified atom stereocenters. The highest BCUT2D eigenvalue weighted by Gasteiger charge is 2.21. The summed E-state index contributed by atoms with van der Waals surface area (Å²) >= 11 is 0. The highest BCUT2D eigenvalue weighted by molar-refractivity contribution is 5.99. The fraction of sp³-hybridized carbons (Fsp3) is 0.312. The van der Waals surface area contributed by atoms with Crippen molar-refractivity contribution in [2.45, 2.75) is 26.4 Å². The molecule has 0 fully saturated rings. The Hall–Kier alpha value is -1.87. The average Bonchev–Trinajstić information content (AvgIpc) is 2.97. The van der Waals surface area contributed by atoms with E-state index in [1.165, 1.54) is 0 Å². The Bertz CT molecular complexity index is 505. The van der Waals surface area contributed by atoms with E-state index in [2.05, 4.69) is 11.8 Å². The van der Waals surface area contributed by atoms with E-state index in [1.54, 1.807) is 6.26 Å². The second-order valence-corrected chi connectivity index (χ2v) is 4.55. The van der Waals surface area contributed by atoms with Gasteiger partial charge in [0.15, 0.2) is 5.78 Å².